The molecule has 1 aliphatic heterocycles. The van der Waals surface area contributed by atoms with E-state index in [-0.39, 0.29) is 35.4 Å². The van der Waals surface area contributed by atoms with Crippen molar-refractivity contribution < 1.29 is 18.4 Å². The van der Waals surface area contributed by atoms with Crippen LogP contribution in [0.4, 0.5) is 10.1 Å². The molecule has 3 atom stereocenters. The van der Waals surface area contributed by atoms with Crippen LogP contribution in [-0.2, 0) is 4.79 Å². The van der Waals surface area contributed by atoms with Gasteiger partial charge in [0.25, 0.3) is 5.91 Å². The third-order valence-electron chi connectivity index (χ3n) is 8.36. The molecule has 212 valence electrons. The number of fused-ring (bicyclic) bond motifs is 1. The minimum atomic E-state index is -0.355. The number of rotatable bonds is 7. The summed E-state index contributed by atoms with van der Waals surface area (Å²) in [6.45, 7) is 1.38. The van der Waals surface area contributed by atoms with Crippen LogP contribution < -0.4 is 9.62 Å². The number of halogens is 1. The Balaban J connectivity index is 1.36. The molecule has 9 heteroatoms. The van der Waals surface area contributed by atoms with Crippen molar-refractivity contribution in [3.63, 3.8) is 0 Å². The fourth-order valence-electron chi connectivity index (χ4n) is 6.06. The zero-order chi connectivity index (χ0) is 28.7. The number of carbonyl (C=O) groups excluding carboxylic acids is 2. The van der Waals surface area contributed by atoms with Crippen LogP contribution in [0.2, 0.25) is 0 Å². The van der Waals surface area contributed by atoms with Crippen molar-refractivity contribution in [2.45, 2.75) is 31.1 Å². The highest BCUT2D eigenvalue weighted by molar-refractivity contribution is 7.99. The van der Waals surface area contributed by atoms with E-state index in [1.165, 1.54) is 12.1 Å². The lowest BCUT2D eigenvalue weighted by Gasteiger charge is -2.35. The SMILES string of the molecule is CNC(=O)c1c(-c2ccc(F)cc2)oc2cc(N(C)SC)c(C3CCCN(C(=O)C4CC4c4ccccn4)C3)cc12. The van der Waals surface area contributed by atoms with Crippen LogP contribution in [0.5, 0.6) is 0 Å². The number of likely N-dealkylation sites (tertiary alicyclic amines) is 1. The standard InChI is InChI=1S/C32H33FN4O3S/c1-34-31(38)29-25-15-22(27(36(2)41-3)17-28(25)40-30(29)19-9-11-21(33)12-10-19)20-7-6-14-37(18-20)32(39)24-16-23(24)26-8-4-5-13-35-26/h4-5,8-13,15,17,20,23-24H,6-7,14,16,18H2,1-3H3,(H,34,38). The number of aromatic nitrogens is 1. The zero-order valence-electron chi connectivity index (χ0n) is 23.4. The second-order valence-electron chi connectivity index (χ2n) is 10.8. The van der Waals surface area contributed by atoms with Crippen LogP contribution in [0.25, 0.3) is 22.3 Å². The zero-order valence-corrected chi connectivity index (χ0v) is 24.2. The highest BCUT2D eigenvalue weighted by Gasteiger charge is 2.47. The average Bonchev–Trinajstić information content (AvgIpc) is 3.73. The van der Waals surface area contributed by atoms with Gasteiger partial charge < -0.3 is 18.9 Å². The Hall–Kier alpha value is -3.85. The van der Waals surface area contributed by atoms with Gasteiger partial charge in [0.1, 0.15) is 17.2 Å². The number of piperidine rings is 1. The number of amides is 2. The Morgan fingerprint density at radius 3 is 2.68 bits per heavy atom. The first-order chi connectivity index (χ1) is 19.9. The van der Waals surface area contributed by atoms with E-state index in [1.54, 1.807) is 37.3 Å². The molecule has 0 bridgehead atoms. The molecule has 2 aromatic heterocycles. The monoisotopic (exact) mass is 572 g/mol. The number of hydrogen-bond donors (Lipinski definition) is 1. The van der Waals surface area contributed by atoms with Gasteiger partial charge in [-0.15, -0.1) is 0 Å². The van der Waals surface area contributed by atoms with Crippen molar-refractivity contribution in [2.24, 2.45) is 5.92 Å². The number of hydrogen-bond acceptors (Lipinski definition) is 6. The minimum absolute atomic E-state index is 0.00790. The maximum atomic E-state index is 13.7. The summed E-state index contributed by atoms with van der Waals surface area (Å²) in [6.07, 6.45) is 6.50. The first kappa shape index (κ1) is 27.3. The maximum Gasteiger partial charge on any atom is 0.255 e. The predicted molar refractivity (Wildman–Crippen MR) is 161 cm³/mol. The van der Waals surface area contributed by atoms with Crippen molar-refractivity contribution in [1.82, 2.24) is 15.2 Å². The molecular formula is C32H33FN4O3S. The van der Waals surface area contributed by atoms with E-state index < -0.39 is 0 Å². The highest BCUT2D eigenvalue weighted by atomic mass is 32.2. The number of benzene rings is 2. The van der Waals surface area contributed by atoms with Gasteiger partial charge in [-0.2, -0.15) is 0 Å². The minimum Gasteiger partial charge on any atom is -0.455 e. The summed E-state index contributed by atoms with van der Waals surface area (Å²) >= 11 is 1.59. The summed E-state index contributed by atoms with van der Waals surface area (Å²) in [5.41, 5.74) is 4.71. The van der Waals surface area contributed by atoms with Crippen LogP contribution in [0.3, 0.4) is 0 Å². The number of nitrogens with one attached hydrogen (secondary N) is 1. The summed E-state index contributed by atoms with van der Waals surface area (Å²) in [4.78, 5) is 33.2. The van der Waals surface area contributed by atoms with Gasteiger partial charge in [-0.3, -0.25) is 14.6 Å². The lowest BCUT2D eigenvalue weighted by molar-refractivity contribution is -0.133. The Morgan fingerprint density at radius 2 is 1.98 bits per heavy atom. The summed E-state index contributed by atoms with van der Waals surface area (Å²) in [6, 6.07) is 15.9. The van der Waals surface area contributed by atoms with E-state index in [2.05, 4.69) is 20.7 Å². The molecule has 3 unspecified atom stereocenters. The molecule has 0 radical (unpaired) electrons. The molecule has 2 fully saturated rings. The third-order valence-corrected chi connectivity index (χ3v) is 9.10. The summed E-state index contributed by atoms with van der Waals surface area (Å²) in [5.74, 6) is 0.288. The lowest BCUT2D eigenvalue weighted by Crippen LogP contribution is -2.40. The van der Waals surface area contributed by atoms with Crippen molar-refractivity contribution in [2.75, 3.05) is 37.7 Å². The van der Waals surface area contributed by atoms with E-state index >= 15 is 0 Å². The van der Waals surface area contributed by atoms with Crippen molar-refractivity contribution in [3.05, 3.63) is 83.4 Å². The average molecular weight is 573 g/mol. The Bertz CT molecular complexity index is 1590. The molecule has 7 nitrogen and oxygen atoms in total. The van der Waals surface area contributed by atoms with Crippen molar-refractivity contribution >= 4 is 40.4 Å². The number of nitrogens with zero attached hydrogens (tertiary/aromatic N) is 3. The van der Waals surface area contributed by atoms with Gasteiger partial charge >= 0.3 is 0 Å². The molecule has 2 aliphatic rings. The molecule has 1 saturated carbocycles. The number of anilines is 1. The van der Waals surface area contributed by atoms with Gasteiger partial charge in [0, 0.05) is 80.1 Å². The van der Waals surface area contributed by atoms with E-state index in [1.807, 2.05) is 42.5 Å². The van der Waals surface area contributed by atoms with Crippen LogP contribution in [0, 0.1) is 11.7 Å². The Kier molecular flexibility index (Phi) is 7.46. The van der Waals surface area contributed by atoms with E-state index in [0.717, 1.165) is 42.8 Å². The number of pyridine rings is 1. The van der Waals surface area contributed by atoms with Gasteiger partial charge in [0.15, 0.2) is 0 Å². The molecule has 4 aromatic rings. The first-order valence-electron chi connectivity index (χ1n) is 14.0. The van der Waals surface area contributed by atoms with Crippen LogP contribution in [0.15, 0.2) is 65.2 Å². The van der Waals surface area contributed by atoms with Gasteiger partial charge in [-0.1, -0.05) is 18.0 Å². The first-order valence-corrected chi connectivity index (χ1v) is 15.1. The molecular weight excluding hydrogens is 539 g/mol. The molecule has 41 heavy (non-hydrogen) atoms. The summed E-state index contributed by atoms with van der Waals surface area (Å²) in [5, 5.41) is 3.45. The number of furan rings is 1. The lowest BCUT2D eigenvalue weighted by atomic mass is 9.87. The van der Waals surface area contributed by atoms with E-state index in [9.17, 15) is 14.0 Å². The summed E-state index contributed by atoms with van der Waals surface area (Å²) in [7, 11) is 3.60. The normalized spacial score (nSPS) is 20.2. The molecule has 0 spiro atoms. The molecule has 2 amide bonds. The molecule has 2 aromatic carbocycles. The predicted octanol–water partition coefficient (Wildman–Crippen LogP) is 6.22. The Labute approximate surface area is 243 Å². The van der Waals surface area contributed by atoms with Crippen LogP contribution >= 0.6 is 11.9 Å². The summed E-state index contributed by atoms with van der Waals surface area (Å²) < 4.78 is 22.1. The number of carbonyl (C=O) groups is 2. The van der Waals surface area contributed by atoms with Gasteiger partial charge in [0.2, 0.25) is 5.91 Å². The van der Waals surface area contributed by atoms with Crippen molar-refractivity contribution in [3.8, 4) is 11.3 Å². The van der Waals surface area contributed by atoms with Crippen molar-refractivity contribution in [1.29, 1.82) is 0 Å². The van der Waals surface area contributed by atoms with Gasteiger partial charge in [-0.05, 0) is 67.3 Å². The third kappa shape index (κ3) is 5.19. The second-order valence-corrected chi connectivity index (χ2v) is 11.7. The maximum absolute atomic E-state index is 13.7. The fourth-order valence-corrected chi connectivity index (χ4v) is 6.41. The molecule has 1 saturated heterocycles. The smallest absolute Gasteiger partial charge is 0.255 e. The molecule has 3 heterocycles. The van der Waals surface area contributed by atoms with Crippen LogP contribution in [0.1, 0.15) is 52.7 Å². The highest BCUT2D eigenvalue weighted by Crippen LogP contribution is 2.49. The van der Waals surface area contributed by atoms with Gasteiger partial charge in [0.05, 0.1) is 11.3 Å². The topological polar surface area (TPSA) is 78.7 Å². The quantitative estimate of drug-likeness (QED) is 0.265. The van der Waals surface area contributed by atoms with Gasteiger partial charge in [-0.25, -0.2) is 4.39 Å². The fraction of sp³-hybridized carbons (Fsp3) is 0.344. The van der Waals surface area contributed by atoms with E-state index in [4.69, 9.17) is 4.42 Å². The Morgan fingerprint density at radius 1 is 1.17 bits per heavy atom. The second kappa shape index (κ2) is 11.2. The van der Waals surface area contributed by atoms with Crippen LogP contribution in [-0.4, -0.2) is 55.1 Å². The molecule has 6 rings (SSSR count). The molecule has 1 aliphatic carbocycles. The molecule has 1 N–H and O–H groups in total. The van der Waals surface area contributed by atoms with E-state index in [0.29, 0.717) is 34.4 Å². The largest absolute Gasteiger partial charge is 0.455 e.